The minimum atomic E-state index is 0.728. The van der Waals surface area contributed by atoms with Gasteiger partial charge in [-0.05, 0) is 36.3 Å². The van der Waals surface area contributed by atoms with Crippen molar-refractivity contribution in [3.63, 3.8) is 0 Å². The molecule has 0 amide bonds. The number of hydrogen-bond donors (Lipinski definition) is 0. The van der Waals surface area contributed by atoms with E-state index in [-0.39, 0.29) is 0 Å². The Bertz CT molecular complexity index is 262. The summed E-state index contributed by atoms with van der Waals surface area (Å²) in [5, 5.41) is 0.728. The van der Waals surface area contributed by atoms with Crippen molar-refractivity contribution in [1.82, 2.24) is 0 Å². The number of methoxy groups -OCH3 is 1. The van der Waals surface area contributed by atoms with E-state index in [1.54, 1.807) is 7.11 Å². The first-order valence-corrected chi connectivity index (χ1v) is 5.70. The highest BCUT2D eigenvalue weighted by Gasteiger charge is 2.16. The molecule has 0 N–H and O–H groups in total. The van der Waals surface area contributed by atoms with Crippen LogP contribution in [-0.4, -0.2) is 12.9 Å². The Balaban J connectivity index is 2.12. The van der Waals surface area contributed by atoms with Crippen molar-refractivity contribution >= 4 is 11.8 Å². The van der Waals surface area contributed by atoms with Gasteiger partial charge in [0.2, 0.25) is 0 Å². The van der Waals surface area contributed by atoms with E-state index in [9.17, 15) is 0 Å². The summed E-state index contributed by atoms with van der Waals surface area (Å²) in [6.45, 7) is 0. The number of ether oxygens (including phenoxy) is 1. The summed E-state index contributed by atoms with van der Waals surface area (Å²) >= 11 is 2.07. The molecule has 0 spiro atoms. The predicted octanol–water partition coefficient (Wildman–Crippen LogP) is 3.26. The van der Waals surface area contributed by atoms with Gasteiger partial charge < -0.3 is 4.74 Å². The first-order valence-electron chi connectivity index (χ1n) is 4.66. The summed E-state index contributed by atoms with van der Waals surface area (Å²) in [4.78, 5) is 0. The Kier molecular flexibility index (Phi) is 2.79. The number of hydrogen-bond acceptors (Lipinski definition) is 2. The molecule has 0 radical (unpaired) electrons. The van der Waals surface area contributed by atoms with E-state index in [2.05, 4.69) is 23.9 Å². The van der Waals surface area contributed by atoms with Crippen molar-refractivity contribution in [2.75, 3.05) is 12.9 Å². The number of benzene rings is 1. The molecule has 2 heteroatoms. The fourth-order valence-electron chi connectivity index (χ4n) is 1.66. The van der Waals surface area contributed by atoms with E-state index in [1.807, 2.05) is 12.1 Å². The lowest BCUT2D eigenvalue weighted by atomic mass is 10.1. The summed E-state index contributed by atoms with van der Waals surface area (Å²) in [7, 11) is 1.71. The van der Waals surface area contributed by atoms with E-state index in [0.29, 0.717) is 0 Å². The van der Waals surface area contributed by atoms with Gasteiger partial charge in [-0.1, -0.05) is 12.1 Å². The normalized spacial score (nSPS) is 21.8. The van der Waals surface area contributed by atoms with E-state index in [1.165, 1.54) is 24.2 Å². The zero-order chi connectivity index (χ0) is 9.10. The molecule has 2 rings (SSSR count). The van der Waals surface area contributed by atoms with Gasteiger partial charge in [-0.15, -0.1) is 0 Å². The summed E-state index contributed by atoms with van der Waals surface area (Å²) in [5.41, 5.74) is 1.45. The topological polar surface area (TPSA) is 9.23 Å². The van der Waals surface area contributed by atoms with Gasteiger partial charge in [0.05, 0.1) is 7.11 Å². The Morgan fingerprint density at radius 2 is 2.08 bits per heavy atom. The highest BCUT2D eigenvalue weighted by atomic mass is 32.2. The lowest BCUT2D eigenvalue weighted by Gasteiger charge is -2.08. The fourth-order valence-corrected chi connectivity index (χ4v) is 2.96. The lowest BCUT2D eigenvalue weighted by molar-refractivity contribution is 0.414. The van der Waals surface area contributed by atoms with Crippen molar-refractivity contribution in [2.24, 2.45) is 0 Å². The molecule has 1 atom stereocenters. The van der Waals surface area contributed by atoms with Gasteiger partial charge in [-0.25, -0.2) is 0 Å². The van der Waals surface area contributed by atoms with Crippen LogP contribution in [0.25, 0.3) is 0 Å². The van der Waals surface area contributed by atoms with Gasteiger partial charge in [-0.3, -0.25) is 0 Å². The Labute approximate surface area is 83.5 Å². The summed E-state index contributed by atoms with van der Waals surface area (Å²) < 4.78 is 5.13. The first kappa shape index (κ1) is 8.95. The molecule has 1 unspecified atom stereocenters. The average molecular weight is 194 g/mol. The quantitative estimate of drug-likeness (QED) is 0.714. The third kappa shape index (κ3) is 1.99. The summed E-state index contributed by atoms with van der Waals surface area (Å²) in [5.74, 6) is 2.27. The van der Waals surface area contributed by atoms with Gasteiger partial charge in [0.1, 0.15) is 5.75 Å². The third-order valence-electron chi connectivity index (χ3n) is 2.42. The molecule has 0 aliphatic carbocycles. The van der Waals surface area contributed by atoms with Crippen LogP contribution in [0.5, 0.6) is 5.75 Å². The first-order chi connectivity index (χ1) is 6.40. The van der Waals surface area contributed by atoms with Crippen molar-refractivity contribution in [2.45, 2.75) is 18.1 Å². The monoisotopic (exact) mass is 194 g/mol. The van der Waals surface area contributed by atoms with Crippen LogP contribution in [0.4, 0.5) is 0 Å². The molecule has 1 aliphatic rings. The second kappa shape index (κ2) is 4.05. The Morgan fingerprint density at radius 1 is 1.31 bits per heavy atom. The molecule has 1 aromatic carbocycles. The molecule has 1 aromatic rings. The molecular formula is C11H14OS. The molecule has 1 heterocycles. The van der Waals surface area contributed by atoms with Crippen LogP contribution in [-0.2, 0) is 0 Å². The van der Waals surface area contributed by atoms with E-state index < -0.39 is 0 Å². The minimum absolute atomic E-state index is 0.728. The highest BCUT2D eigenvalue weighted by molar-refractivity contribution is 7.99. The van der Waals surface area contributed by atoms with E-state index in [0.717, 1.165) is 11.0 Å². The van der Waals surface area contributed by atoms with Crippen LogP contribution in [0.1, 0.15) is 23.7 Å². The van der Waals surface area contributed by atoms with Crippen molar-refractivity contribution in [1.29, 1.82) is 0 Å². The second-order valence-corrected chi connectivity index (χ2v) is 4.59. The van der Waals surface area contributed by atoms with Gasteiger partial charge in [-0.2, -0.15) is 11.8 Å². The van der Waals surface area contributed by atoms with E-state index >= 15 is 0 Å². The molecule has 1 aliphatic heterocycles. The maximum atomic E-state index is 5.13. The highest BCUT2D eigenvalue weighted by Crippen LogP contribution is 2.39. The molecule has 1 nitrogen and oxygen atoms in total. The molecule has 13 heavy (non-hydrogen) atoms. The number of thioether (sulfide) groups is 1. The van der Waals surface area contributed by atoms with Crippen LogP contribution < -0.4 is 4.74 Å². The average Bonchev–Trinajstić information content (AvgIpc) is 2.71. The van der Waals surface area contributed by atoms with Crippen LogP contribution in [0.2, 0.25) is 0 Å². The SMILES string of the molecule is COc1ccc(C2CCCS2)cc1. The summed E-state index contributed by atoms with van der Waals surface area (Å²) in [6.07, 6.45) is 2.69. The molecule has 70 valence electrons. The molecular weight excluding hydrogens is 180 g/mol. The molecule has 1 fully saturated rings. The fraction of sp³-hybridized carbons (Fsp3) is 0.455. The minimum Gasteiger partial charge on any atom is -0.497 e. The number of rotatable bonds is 2. The lowest BCUT2D eigenvalue weighted by Crippen LogP contribution is -1.88. The van der Waals surface area contributed by atoms with Crippen molar-refractivity contribution < 1.29 is 4.74 Å². The predicted molar refractivity (Wildman–Crippen MR) is 57.4 cm³/mol. The van der Waals surface area contributed by atoms with Gasteiger partial charge in [0.25, 0.3) is 0 Å². The van der Waals surface area contributed by atoms with Gasteiger partial charge in [0, 0.05) is 5.25 Å². The van der Waals surface area contributed by atoms with Crippen molar-refractivity contribution in [3.8, 4) is 5.75 Å². The third-order valence-corrected chi connectivity index (χ3v) is 3.85. The standard InChI is InChI=1S/C11H14OS/c1-12-10-6-4-9(5-7-10)11-3-2-8-13-11/h4-7,11H,2-3,8H2,1H3. The molecule has 0 aromatic heterocycles. The van der Waals surface area contributed by atoms with Gasteiger partial charge in [0.15, 0.2) is 0 Å². The molecule has 1 saturated heterocycles. The zero-order valence-corrected chi connectivity index (χ0v) is 8.64. The second-order valence-electron chi connectivity index (χ2n) is 3.27. The van der Waals surface area contributed by atoms with Crippen LogP contribution in [0.15, 0.2) is 24.3 Å². The van der Waals surface area contributed by atoms with Crippen LogP contribution >= 0.6 is 11.8 Å². The molecule has 0 bridgehead atoms. The zero-order valence-electron chi connectivity index (χ0n) is 7.82. The van der Waals surface area contributed by atoms with Crippen molar-refractivity contribution in [3.05, 3.63) is 29.8 Å². The maximum absolute atomic E-state index is 5.13. The summed E-state index contributed by atoms with van der Waals surface area (Å²) in [6, 6.07) is 8.46. The van der Waals surface area contributed by atoms with E-state index in [4.69, 9.17) is 4.74 Å². The maximum Gasteiger partial charge on any atom is 0.118 e. The van der Waals surface area contributed by atoms with Crippen LogP contribution in [0.3, 0.4) is 0 Å². The Hall–Kier alpha value is -0.630. The molecule has 0 saturated carbocycles. The van der Waals surface area contributed by atoms with Crippen LogP contribution in [0, 0.1) is 0 Å². The Morgan fingerprint density at radius 3 is 2.62 bits per heavy atom. The van der Waals surface area contributed by atoms with Gasteiger partial charge >= 0.3 is 0 Å². The largest absolute Gasteiger partial charge is 0.497 e. The smallest absolute Gasteiger partial charge is 0.118 e.